The number of nitrogens with one attached hydrogen (secondary N) is 1. The van der Waals surface area contributed by atoms with Crippen LogP contribution in [0.5, 0.6) is 0 Å². The van der Waals surface area contributed by atoms with Crippen LogP contribution in [0, 0.1) is 17.1 Å². The third kappa shape index (κ3) is 2.38. The number of aromatic nitrogens is 3. The van der Waals surface area contributed by atoms with Crippen LogP contribution < -0.4 is 0 Å². The summed E-state index contributed by atoms with van der Waals surface area (Å²) in [5.41, 5.74) is 0.762. The zero-order valence-corrected chi connectivity index (χ0v) is 8.96. The molecule has 0 atom stereocenters. The topological polar surface area (TPSA) is 65.4 Å². The molecule has 4 nitrogen and oxygen atoms in total. The zero-order valence-electron chi connectivity index (χ0n) is 8.14. The van der Waals surface area contributed by atoms with Crippen LogP contribution in [-0.4, -0.2) is 20.9 Å². The van der Waals surface area contributed by atoms with E-state index in [-0.39, 0.29) is 5.82 Å². The smallest absolute Gasteiger partial charge is 0.209 e. The van der Waals surface area contributed by atoms with Crippen molar-refractivity contribution in [2.24, 2.45) is 0 Å². The molecule has 1 N–H and O–H groups in total. The van der Waals surface area contributed by atoms with E-state index in [0.717, 1.165) is 5.56 Å². The second-order valence-corrected chi connectivity index (χ2v) is 3.86. The normalized spacial score (nSPS) is 10.0. The standard InChI is InChI=1S/C10H7FN4S/c11-8-3-1-7(2-4-8)9-13-10(15-14-9)16-6-5-12/h1-4H,6H2,(H,13,14,15). The fourth-order valence-corrected chi connectivity index (χ4v) is 1.60. The number of hydrogen-bond donors (Lipinski definition) is 1. The number of thioether (sulfide) groups is 1. The molecule has 0 radical (unpaired) electrons. The van der Waals surface area contributed by atoms with Gasteiger partial charge in [0.2, 0.25) is 5.16 Å². The highest BCUT2D eigenvalue weighted by atomic mass is 32.2. The van der Waals surface area contributed by atoms with E-state index in [1.54, 1.807) is 12.1 Å². The van der Waals surface area contributed by atoms with Gasteiger partial charge in [-0.25, -0.2) is 9.37 Å². The second kappa shape index (κ2) is 4.77. The summed E-state index contributed by atoms with van der Waals surface area (Å²) in [4.78, 5) is 4.17. The molecule has 80 valence electrons. The average molecular weight is 234 g/mol. The van der Waals surface area contributed by atoms with Crippen molar-refractivity contribution in [3.05, 3.63) is 30.1 Å². The van der Waals surface area contributed by atoms with Crippen LogP contribution in [-0.2, 0) is 0 Å². The van der Waals surface area contributed by atoms with Crippen molar-refractivity contribution in [1.29, 1.82) is 5.26 Å². The molecule has 2 rings (SSSR count). The van der Waals surface area contributed by atoms with Crippen LogP contribution in [0.15, 0.2) is 29.4 Å². The summed E-state index contributed by atoms with van der Waals surface area (Å²) in [5.74, 6) is 0.587. The Morgan fingerprint density at radius 2 is 2.12 bits per heavy atom. The monoisotopic (exact) mass is 234 g/mol. The molecule has 0 fully saturated rings. The predicted octanol–water partition coefficient (Wildman–Crippen LogP) is 2.23. The van der Waals surface area contributed by atoms with E-state index in [9.17, 15) is 4.39 Å². The molecule has 2 aromatic rings. The van der Waals surface area contributed by atoms with Crippen molar-refractivity contribution >= 4 is 11.8 Å². The zero-order chi connectivity index (χ0) is 11.4. The van der Waals surface area contributed by atoms with Gasteiger partial charge in [0.1, 0.15) is 5.82 Å². The van der Waals surface area contributed by atoms with E-state index in [4.69, 9.17) is 5.26 Å². The third-order valence-electron chi connectivity index (χ3n) is 1.85. The molecule has 0 bridgehead atoms. The van der Waals surface area contributed by atoms with Crippen molar-refractivity contribution in [2.45, 2.75) is 5.16 Å². The minimum Gasteiger partial charge on any atom is -0.258 e. The molecular formula is C10H7FN4S. The van der Waals surface area contributed by atoms with Gasteiger partial charge >= 0.3 is 0 Å². The fourth-order valence-electron chi connectivity index (χ4n) is 1.14. The minimum atomic E-state index is -0.289. The largest absolute Gasteiger partial charge is 0.258 e. The van der Waals surface area contributed by atoms with Crippen LogP contribution in [0.25, 0.3) is 11.4 Å². The van der Waals surface area contributed by atoms with E-state index < -0.39 is 0 Å². The molecule has 0 spiro atoms. The summed E-state index contributed by atoms with van der Waals surface area (Å²) in [5, 5.41) is 15.6. The summed E-state index contributed by atoms with van der Waals surface area (Å²) in [6.45, 7) is 0. The Labute approximate surface area is 95.5 Å². The molecule has 0 saturated carbocycles. The number of aromatic amines is 1. The molecule has 0 aliphatic rings. The van der Waals surface area contributed by atoms with Crippen molar-refractivity contribution in [2.75, 3.05) is 5.75 Å². The van der Waals surface area contributed by atoms with Crippen molar-refractivity contribution in [3.63, 3.8) is 0 Å². The first-order chi connectivity index (χ1) is 7.79. The molecule has 16 heavy (non-hydrogen) atoms. The minimum absolute atomic E-state index is 0.289. The van der Waals surface area contributed by atoms with Crippen LogP contribution >= 0.6 is 11.8 Å². The third-order valence-corrected chi connectivity index (χ3v) is 2.56. The Kier molecular flexibility index (Phi) is 3.17. The lowest BCUT2D eigenvalue weighted by Gasteiger charge is -1.94. The van der Waals surface area contributed by atoms with Gasteiger partial charge < -0.3 is 0 Å². The number of benzene rings is 1. The van der Waals surface area contributed by atoms with Crippen molar-refractivity contribution in [3.8, 4) is 17.5 Å². The van der Waals surface area contributed by atoms with E-state index in [0.29, 0.717) is 16.7 Å². The van der Waals surface area contributed by atoms with Crippen molar-refractivity contribution < 1.29 is 4.39 Å². The highest BCUT2D eigenvalue weighted by Gasteiger charge is 2.05. The van der Waals surface area contributed by atoms with Crippen LogP contribution in [0.2, 0.25) is 0 Å². The number of nitriles is 1. The highest BCUT2D eigenvalue weighted by molar-refractivity contribution is 7.99. The Bertz CT molecular complexity index is 514. The Morgan fingerprint density at radius 1 is 1.38 bits per heavy atom. The number of halogens is 1. The van der Waals surface area contributed by atoms with Crippen LogP contribution in [0.1, 0.15) is 0 Å². The SMILES string of the molecule is N#CCSc1n[nH]c(-c2ccc(F)cc2)n1. The summed E-state index contributed by atoms with van der Waals surface area (Å²) >= 11 is 1.25. The summed E-state index contributed by atoms with van der Waals surface area (Å²) in [6, 6.07) is 7.95. The van der Waals surface area contributed by atoms with Gasteiger partial charge in [-0.1, -0.05) is 11.8 Å². The molecule has 1 aromatic carbocycles. The predicted molar refractivity (Wildman–Crippen MR) is 58.1 cm³/mol. The molecule has 1 aromatic heterocycles. The lowest BCUT2D eigenvalue weighted by molar-refractivity contribution is 0.628. The number of hydrogen-bond acceptors (Lipinski definition) is 4. The maximum absolute atomic E-state index is 12.7. The Morgan fingerprint density at radius 3 is 2.81 bits per heavy atom. The van der Waals surface area contributed by atoms with Gasteiger partial charge in [-0.2, -0.15) is 5.26 Å². The molecular weight excluding hydrogens is 227 g/mol. The molecule has 1 heterocycles. The molecule has 0 unspecified atom stereocenters. The van der Waals surface area contributed by atoms with E-state index in [1.807, 2.05) is 6.07 Å². The van der Waals surface area contributed by atoms with Gasteiger partial charge in [0.15, 0.2) is 5.82 Å². The lowest BCUT2D eigenvalue weighted by Crippen LogP contribution is -1.81. The number of nitrogens with zero attached hydrogens (tertiary/aromatic N) is 3. The van der Waals surface area contributed by atoms with E-state index in [2.05, 4.69) is 15.2 Å². The summed E-state index contributed by atoms with van der Waals surface area (Å²) in [6.07, 6.45) is 0. The van der Waals surface area contributed by atoms with Gasteiger partial charge in [0.25, 0.3) is 0 Å². The van der Waals surface area contributed by atoms with Gasteiger partial charge in [-0.05, 0) is 24.3 Å². The van der Waals surface area contributed by atoms with E-state index >= 15 is 0 Å². The van der Waals surface area contributed by atoms with Crippen molar-refractivity contribution in [1.82, 2.24) is 15.2 Å². The molecule has 0 aliphatic heterocycles. The quantitative estimate of drug-likeness (QED) is 0.827. The number of H-pyrrole nitrogens is 1. The molecule has 0 saturated heterocycles. The van der Waals surface area contributed by atoms with Gasteiger partial charge in [0.05, 0.1) is 11.8 Å². The van der Waals surface area contributed by atoms with Gasteiger partial charge in [-0.15, -0.1) is 5.10 Å². The van der Waals surface area contributed by atoms with Gasteiger partial charge in [-0.3, -0.25) is 5.10 Å². The fraction of sp³-hybridized carbons (Fsp3) is 0.100. The lowest BCUT2D eigenvalue weighted by atomic mass is 10.2. The molecule has 6 heteroatoms. The van der Waals surface area contributed by atoms with Gasteiger partial charge in [0, 0.05) is 5.56 Å². The summed E-state index contributed by atoms with van der Waals surface area (Å²) in [7, 11) is 0. The number of rotatable bonds is 3. The Hall–Kier alpha value is -1.87. The maximum atomic E-state index is 12.7. The first-order valence-electron chi connectivity index (χ1n) is 4.47. The average Bonchev–Trinajstić information content (AvgIpc) is 2.76. The maximum Gasteiger partial charge on any atom is 0.209 e. The highest BCUT2D eigenvalue weighted by Crippen LogP contribution is 2.18. The first kappa shape index (κ1) is 10.6. The van der Waals surface area contributed by atoms with E-state index in [1.165, 1.54) is 23.9 Å². The summed E-state index contributed by atoms with van der Waals surface area (Å²) < 4.78 is 12.7. The van der Waals surface area contributed by atoms with Crippen LogP contribution in [0.3, 0.4) is 0 Å². The molecule has 0 amide bonds. The van der Waals surface area contributed by atoms with Crippen LogP contribution in [0.4, 0.5) is 4.39 Å². The Balaban J connectivity index is 2.18. The first-order valence-corrected chi connectivity index (χ1v) is 5.46. The molecule has 0 aliphatic carbocycles. The second-order valence-electron chi connectivity index (χ2n) is 2.92.